The second-order valence-corrected chi connectivity index (χ2v) is 6.41. The number of piperazine rings is 2. The Morgan fingerprint density at radius 3 is 2.62 bits per heavy atom. The van der Waals surface area contributed by atoms with Crippen molar-refractivity contribution in [3.8, 4) is 0 Å². The lowest BCUT2D eigenvalue weighted by Gasteiger charge is -2.44. The first-order chi connectivity index (χ1) is 9.93. The second-order valence-electron chi connectivity index (χ2n) is 6.41. The molecule has 3 unspecified atom stereocenters. The predicted octanol–water partition coefficient (Wildman–Crippen LogP) is -0.252. The van der Waals surface area contributed by atoms with Crippen molar-refractivity contribution in [1.29, 1.82) is 0 Å². The summed E-state index contributed by atoms with van der Waals surface area (Å²) in [6.07, 6.45) is 1.61. The Morgan fingerprint density at radius 2 is 1.95 bits per heavy atom. The Kier molecular flexibility index (Phi) is 5.22. The van der Waals surface area contributed by atoms with Gasteiger partial charge in [-0.25, -0.2) is 0 Å². The minimum absolute atomic E-state index is 0.0279. The maximum absolute atomic E-state index is 12.6. The normalized spacial score (nSPS) is 32.4. The lowest BCUT2D eigenvalue weighted by Crippen LogP contribution is -2.65. The summed E-state index contributed by atoms with van der Waals surface area (Å²) in [5.41, 5.74) is 0. The van der Waals surface area contributed by atoms with Gasteiger partial charge in [0.25, 0.3) is 0 Å². The van der Waals surface area contributed by atoms with Gasteiger partial charge < -0.3 is 15.1 Å². The SMILES string of the molecule is CCCC1NC(=O)C(C)N(CC2CN(C)CCN2C)C1=O. The highest BCUT2D eigenvalue weighted by Crippen LogP contribution is 2.16. The Morgan fingerprint density at radius 1 is 1.24 bits per heavy atom. The fraction of sp³-hybridized carbons (Fsp3) is 0.867. The maximum Gasteiger partial charge on any atom is 0.245 e. The minimum atomic E-state index is -0.369. The number of carbonyl (C=O) groups is 2. The highest BCUT2D eigenvalue weighted by Gasteiger charge is 2.39. The van der Waals surface area contributed by atoms with Crippen molar-refractivity contribution in [2.24, 2.45) is 0 Å². The van der Waals surface area contributed by atoms with E-state index in [0.29, 0.717) is 19.0 Å². The van der Waals surface area contributed by atoms with Crippen molar-refractivity contribution in [1.82, 2.24) is 20.0 Å². The van der Waals surface area contributed by atoms with Crippen LogP contribution in [0.2, 0.25) is 0 Å². The number of nitrogens with zero attached hydrogens (tertiary/aromatic N) is 3. The van der Waals surface area contributed by atoms with Crippen LogP contribution in [0.25, 0.3) is 0 Å². The zero-order chi connectivity index (χ0) is 15.6. The first-order valence-electron chi connectivity index (χ1n) is 7.93. The molecule has 0 aromatic carbocycles. The third kappa shape index (κ3) is 3.55. The molecule has 0 spiro atoms. The highest BCUT2D eigenvalue weighted by atomic mass is 16.2. The molecule has 120 valence electrons. The van der Waals surface area contributed by atoms with Crippen molar-refractivity contribution in [2.75, 3.05) is 40.3 Å². The van der Waals surface area contributed by atoms with Crippen LogP contribution in [0.3, 0.4) is 0 Å². The van der Waals surface area contributed by atoms with Crippen molar-refractivity contribution >= 4 is 11.8 Å². The van der Waals surface area contributed by atoms with Crippen LogP contribution in [0, 0.1) is 0 Å². The van der Waals surface area contributed by atoms with Crippen LogP contribution in [-0.2, 0) is 9.59 Å². The third-order valence-corrected chi connectivity index (χ3v) is 4.71. The highest BCUT2D eigenvalue weighted by molar-refractivity contribution is 5.96. The van der Waals surface area contributed by atoms with Crippen molar-refractivity contribution < 1.29 is 9.59 Å². The van der Waals surface area contributed by atoms with Gasteiger partial charge in [0.2, 0.25) is 11.8 Å². The lowest BCUT2D eigenvalue weighted by molar-refractivity contribution is -0.150. The van der Waals surface area contributed by atoms with Crippen molar-refractivity contribution in [3.05, 3.63) is 0 Å². The van der Waals surface area contributed by atoms with Gasteiger partial charge in [0.15, 0.2) is 0 Å². The number of hydrogen-bond donors (Lipinski definition) is 1. The number of amides is 2. The fourth-order valence-corrected chi connectivity index (χ4v) is 3.14. The number of likely N-dealkylation sites (N-methyl/N-ethyl adjacent to an activating group) is 2. The van der Waals surface area contributed by atoms with E-state index in [9.17, 15) is 9.59 Å². The van der Waals surface area contributed by atoms with Gasteiger partial charge in [0.1, 0.15) is 12.1 Å². The molecule has 2 amide bonds. The summed E-state index contributed by atoms with van der Waals surface area (Å²) in [7, 11) is 4.20. The smallest absolute Gasteiger partial charge is 0.245 e. The molecule has 0 bridgehead atoms. The molecular formula is C15H28N4O2. The summed E-state index contributed by atoms with van der Waals surface area (Å²) in [4.78, 5) is 31.1. The van der Waals surface area contributed by atoms with Gasteiger partial charge in [-0.15, -0.1) is 0 Å². The molecule has 2 aliphatic rings. The van der Waals surface area contributed by atoms with E-state index in [4.69, 9.17) is 0 Å². The zero-order valence-corrected chi connectivity index (χ0v) is 13.6. The summed E-state index contributed by atoms with van der Waals surface area (Å²) in [5, 5.41) is 2.85. The first-order valence-corrected chi connectivity index (χ1v) is 7.93. The molecule has 0 aliphatic carbocycles. The molecule has 2 aliphatic heterocycles. The van der Waals surface area contributed by atoms with Crippen LogP contribution in [0.5, 0.6) is 0 Å². The Balaban J connectivity index is 2.08. The molecule has 6 heteroatoms. The first kappa shape index (κ1) is 16.2. The van der Waals surface area contributed by atoms with Crippen LogP contribution in [-0.4, -0.2) is 84.9 Å². The summed E-state index contributed by atoms with van der Waals surface area (Å²) in [5.74, 6) is 0.0467. The lowest BCUT2D eigenvalue weighted by atomic mass is 10.0. The third-order valence-electron chi connectivity index (χ3n) is 4.71. The van der Waals surface area contributed by atoms with Crippen LogP contribution in [0.1, 0.15) is 26.7 Å². The molecule has 1 N–H and O–H groups in total. The minimum Gasteiger partial charge on any atom is -0.343 e. The van der Waals surface area contributed by atoms with E-state index in [1.54, 1.807) is 4.90 Å². The second kappa shape index (κ2) is 6.75. The molecule has 2 heterocycles. The monoisotopic (exact) mass is 296 g/mol. The van der Waals surface area contributed by atoms with Crippen LogP contribution in [0.15, 0.2) is 0 Å². The van der Waals surface area contributed by atoms with Crippen molar-refractivity contribution in [3.63, 3.8) is 0 Å². The zero-order valence-electron chi connectivity index (χ0n) is 13.6. The van der Waals surface area contributed by atoms with Crippen molar-refractivity contribution in [2.45, 2.75) is 44.8 Å². The fourth-order valence-electron chi connectivity index (χ4n) is 3.14. The number of rotatable bonds is 4. The van der Waals surface area contributed by atoms with Gasteiger partial charge in [-0.05, 0) is 27.4 Å². The van der Waals surface area contributed by atoms with Crippen LogP contribution >= 0.6 is 0 Å². The largest absolute Gasteiger partial charge is 0.343 e. The summed E-state index contributed by atoms with van der Waals surface area (Å²) in [6, 6.07) is -0.417. The van der Waals surface area contributed by atoms with Gasteiger partial charge in [-0.2, -0.15) is 0 Å². The molecule has 0 saturated carbocycles. The predicted molar refractivity (Wildman–Crippen MR) is 81.9 cm³/mol. The molecule has 0 radical (unpaired) electrons. The molecule has 6 nitrogen and oxygen atoms in total. The van der Waals surface area contributed by atoms with E-state index >= 15 is 0 Å². The van der Waals surface area contributed by atoms with E-state index < -0.39 is 0 Å². The maximum atomic E-state index is 12.6. The van der Waals surface area contributed by atoms with Gasteiger partial charge >= 0.3 is 0 Å². The van der Waals surface area contributed by atoms with E-state index in [2.05, 4.69) is 29.2 Å². The molecule has 2 rings (SSSR count). The molecule has 2 saturated heterocycles. The van der Waals surface area contributed by atoms with Gasteiger partial charge in [0.05, 0.1) is 0 Å². The van der Waals surface area contributed by atoms with E-state index in [1.165, 1.54) is 0 Å². The molecule has 2 fully saturated rings. The summed E-state index contributed by atoms with van der Waals surface area (Å²) >= 11 is 0. The topological polar surface area (TPSA) is 55.9 Å². The van der Waals surface area contributed by atoms with Crippen LogP contribution < -0.4 is 5.32 Å². The molecule has 3 atom stereocenters. The number of carbonyl (C=O) groups excluding carboxylic acids is 2. The molecule has 0 aromatic heterocycles. The van der Waals surface area contributed by atoms with Crippen LogP contribution in [0.4, 0.5) is 0 Å². The average molecular weight is 296 g/mol. The molecular weight excluding hydrogens is 268 g/mol. The number of nitrogens with one attached hydrogen (secondary N) is 1. The van der Waals surface area contributed by atoms with Gasteiger partial charge in [-0.3, -0.25) is 14.5 Å². The summed E-state index contributed by atoms with van der Waals surface area (Å²) < 4.78 is 0. The number of hydrogen-bond acceptors (Lipinski definition) is 4. The standard InChI is InChI=1S/C15H28N4O2/c1-5-6-13-15(21)19(11(2)14(20)16-13)10-12-9-17(3)7-8-18(12)4/h11-13H,5-10H2,1-4H3,(H,16,20). The molecule has 21 heavy (non-hydrogen) atoms. The van der Waals surface area contributed by atoms with E-state index in [-0.39, 0.29) is 23.9 Å². The van der Waals surface area contributed by atoms with Gasteiger partial charge in [-0.1, -0.05) is 13.3 Å². The van der Waals surface area contributed by atoms with Gasteiger partial charge in [0, 0.05) is 32.2 Å². The Hall–Kier alpha value is -1.14. The van der Waals surface area contributed by atoms with E-state index in [0.717, 1.165) is 26.1 Å². The summed E-state index contributed by atoms with van der Waals surface area (Å²) in [6.45, 7) is 7.48. The average Bonchev–Trinajstić information content (AvgIpc) is 2.44. The quantitative estimate of drug-likeness (QED) is 0.777. The molecule has 0 aromatic rings. The Labute approximate surface area is 127 Å². The van der Waals surface area contributed by atoms with E-state index in [1.807, 2.05) is 13.8 Å². The Bertz CT molecular complexity index is 401.